The Morgan fingerprint density at radius 3 is 1.34 bits per heavy atom. The van der Waals surface area contributed by atoms with Gasteiger partial charge in [0.2, 0.25) is 0 Å². The average Bonchev–Trinajstić information content (AvgIpc) is 3.62. The number of hydrogen-bond acceptors (Lipinski definition) is 0. The van der Waals surface area contributed by atoms with Gasteiger partial charge in [-0.3, -0.25) is 6.08 Å². The molecule has 0 radical (unpaired) electrons. The number of allylic oxidation sites excluding steroid dienone is 4. The zero-order valence-electron chi connectivity index (χ0n) is 28.2. The molecule has 0 heterocycles. The maximum atomic E-state index is 3.78. The number of hydrogen-bond donors (Lipinski definition) is 0. The van der Waals surface area contributed by atoms with Crippen molar-refractivity contribution in [1.29, 1.82) is 0 Å². The van der Waals surface area contributed by atoms with Crippen molar-refractivity contribution in [1.82, 2.24) is 0 Å². The molecule has 5 aromatic rings. The van der Waals surface area contributed by atoms with E-state index in [1.54, 1.807) is 5.20 Å². The second kappa shape index (κ2) is 14.4. The Morgan fingerprint density at radius 1 is 0.545 bits per heavy atom. The van der Waals surface area contributed by atoms with Crippen molar-refractivity contribution in [2.75, 3.05) is 0 Å². The molecule has 5 aromatic carbocycles. The first-order valence-corrected chi connectivity index (χ1v) is 27.5. The summed E-state index contributed by atoms with van der Waals surface area (Å²) in [6, 6.07) is 40.4. The van der Waals surface area contributed by atoms with Crippen LogP contribution in [0.15, 0.2) is 131 Å². The first kappa shape index (κ1) is 34.5. The van der Waals surface area contributed by atoms with E-state index >= 15 is 0 Å². The van der Waals surface area contributed by atoms with Gasteiger partial charge in [-0.2, -0.15) is 5.20 Å². The second-order valence-corrected chi connectivity index (χ2v) is 31.1. The van der Waals surface area contributed by atoms with Gasteiger partial charge in [-0.05, 0) is 8.07 Å². The zero-order valence-corrected chi connectivity index (χ0v) is 33.6. The maximum absolute atomic E-state index is 3.78. The van der Waals surface area contributed by atoms with Gasteiger partial charge in [0.1, 0.15) is 0 Å². The van der Waals surface area contributed by atoms with E-state index in [0.29, 0.717) is 0 Å². The van der Waals surface area contributed by atoms with Gasteiger partial charge >= 0.3 is 99.2 Å². The third kappa shape index (κ3) is 8.66. The van der Waals surface area contributed by atoms with E-state index in [-0.39, 0.29) is 0 Å². The molecular formula is C40H48Si3Zr. The predicted octanol–water partition coefficient (Wildman–Crippen LogP) is 11.6. The minimum Gasteiger partial charge on any atom is -0.126 e. The molecule has 0 saturated carbocycles. The van der Waals surface area contributed by atoms with Crippen LogP contribution >= 0.6 is 0 Å². The van der Waals surface area contributed by atoms with Crippen molar-refractivity contribution in [3.05, 3.63) is 148 Å². The van der Waals surface area contributed by atoms with Crippen molar-refractivity contribution in [2.24, 2.45) is 0 Å². The monoisotopic (exact) mass is 702 g/mol. The minimum absolute atomic E-state index is 1.15. The zero-order chi connectivity index (χ0) is 32.1. The molecule has 1 aliphatic carbocycles. The summed E-state index contributed by atoms with van der Waals surface area (Å²) < 4.78 is 1.42. The van der Waals surface area contributed by atoms with E-state index < -0.39 is 24.2 Å². The molecule has 0 nitrogen and oxygen atoms in total. The Bertz CT molecular complexity index is 1680. The Balaban J connectivity index is 0.000000152. The quantitative estimate of drug-likeness (QED) is 0.126. The number of fused-ring (bicyclic) bond motifs is 3. The molecule has 224 valence electrons. The minimum atomic E-state index is -1.22. The summed E-state index contributed by atoms with van der Waals surface area (Å²) in [6.45, 7) is 22.4. The normalized spacial score (nSPS) is 13.7. The molecule has 4 heteroatoms. The predicted molar refractivity (Wildman–Crippen MR) is 202 cm³/mol. The molecular weight excluding hydrogens is 656 g/mol. The summed E-state index contributed by atoms with van der Waals surface area (Å²) in [5.74, 6) is 0. The van der Waals surface area contributed by atoms with Gasteiger partial charge < -0.3 is 0 Å². The van der Waals surface area contributed by atoms with Crippen molar-refractivity contribution >= 4 is 49.0 Å². The van der Waals surface area contributed by atoms with Crippen LogP contribution in [0, 0.1) is 6.08 Å². The summed E-state index contributed by atoms with van der Waals surface area (Å²) in [7, 11) is -3.60. The Hall–Kier alpha value is -2.37. The molecule has 0 unspecified atom stereocenters. The van der Waals surface area contributed by atoms with E-state index in [9.17, 15) is 0 Å². The van der Waals surface area contributed by atoms with E-state index in [4.69, 9.17) is 0 Å². The van der Waals surface area contributed by atoms with Crippen molar-refractivity contribution in [2.45, 2.75) is 65.3 Å². The van der Waals surface area contributed by atoms with Crippen LogP contribution in [-0.2, 0) is 24.2 Å². The van der Waals surface area contributed by atoms with Crippen LogP contribution in [-0.4, -0.2) is 27.4 Å². The number of rotatable bonds is 5. The van der Waals surface area contributed by atoms with E-state index in [2.05, 4.69) is 180 Å². The topological polar surface area (TPSA) is 0 Å². The Kier molecular flexibility index (Phi) is 11.3. The first-order valence-electron chi connectivity index (χ1n) is 15.8. The van der Waals surface area contributed by atoms with Gasteiger partial charge in [0.05, 0.1) is 8.07 Å². The van der Waals surface area contributed by atoms with E-state index in [1.807, 2.05) is 10.4 Å². The fourth-order valence-electron chi connectivity index (χ4n) is 5.89. The fraction of sp³-hybridized carbons (Fsp3) is 0.250. The van der Waals surface area contributed by atoms with Crippen LogP contribution in [0.2, 0.25) is 58.9 Å². The third-order valence-electron chi connectivity index (χ3n) is 8.05. The molecule has 0 aliphatic heterocycles. The molecule has 0 saturated heterocycles. The number of benzene rings is 4. The second-order valence-electron chi connectivity index (χ2n) is 14.8. The van der Waals surface area contributed by atoms with Gasteiger partial charge in [-0.15, -0.1) is 46.2 Å². The summed E-state index contributed by atoms with van der Waals surface area (Å²) >= 11 is 1.46. The molecule has 0 spiro atoms. The fourth-order valence-corrected chi connectivity index (χ4v) is 16.2. The molecule has 0 aromatic heterocycles. The molecule has 0 fully saturated rings. The van der Waals surface area contributed by atoms with Gasteiger partial charge in [0.25, 0.3) is 0 Å². The third-order valence-corrected chi connectivity index (χ3v) is 16.2. The van der Waals surface area contributed by atoms with Crippen LogP contribution in [0.3, 0.4) is 0 Å². The Morgan fingerprint density at radius 2 is 0.955 bits per heavy atom. The van der Waals surface area contributed by atoms with Crippen LogP contribution < -0.4 is 0 Å². The summed E-state index contributed by atoms with van der Waals surface area (Å²) in [6.07, 6.45) is 4.93. The van der Waals surface area contributed by atoms with Crippen LogP contribution in [0.25, 0.3) is 21.5 Å². The van der Waals surface area contributed by atoms with Crippen molar-refractivity contribution in [3.63, 3.8) is 0 Å². The maximum Gasteiger partial charge on any atom is -0.0771 e. The molecule has 0 atom stereocenters. The van der Waals surface area contributed by atoms with Gasteiger partial charge in [0.15, 0.2) is 0 Å². The molecule has 0 N–H and O–H groups in total. The van der Waals surface area contributed by atoms with Crippen molar-refractivity contribution in [3.8, 4) is 0 Å². The SMILES string of the molecule is C[Si](C)(C)C1=[C-]CC([Si](C)(C)C)=C1[Si](C)(C)C.[Zr+2]=[C](c1ccccc1)c1ccccc1.c1ccc2c(c1)[cH-]c1ccccc12. The van der Waals surface area contributed by atoms with Gasteiger partial charge in [-0.25, -0.2) is 10.4 Å². The first-order chi connectivity index (χ1) is 20.7. The summed E-state index contributed by atoms with van der Waals surface area (Å²) in [4.78, 5) is 0. The van der Waals surface area contributed by atoms with Gasteiger partial charge in [-0.1, -0.05) is 95.3 Å². The molecule has 6 rings (SSSR count). The van der Waals surface area contributed by atoms with Crippen LogP contribution in [0.4, 0.5) is 0 Å². The van der Waals surface area contributed by atoms with E-state index in [0.717, 1.165) is 6.42 Å². The standard InChI is InChI=1S/C14H29Si3.C13H9.C13H10.Zr/c1-15(2,3)12-10-11-13(16(4,5)6)14(12)17(7,8)9;1-3-7-12-10(5-1)9-11-6-2-4-8-13(11)12;1-3-7-12(8-4-1)11-13-9-5-2-6-10-13;/h10H2,1-9H3;1-9H;1-10H;/q2*-1;;+2. The molecule has 44 heavy (non-hydrogen) atoms. The molecule has 1 aliphatic rings. The molecule has 0 bridgehead atoms. The average molecular weight is 704 g/mol. The summed E-state index contributed by atoms with van der Waals surface area (Å²) in [5, 5.41) is 10.7. The van der Waals surface area contributed by atoms with Crippen molar-refractivity contribution < 1.29 is 24.2 Å². The van der Waals surface area contributed by atoms with E-state index in [1.165, 1.54) is 60.1 Å². The van der Waals surface area contributed by atoms with Crippen LogP contribution in [0.5, 0.6) is 0 Å². The largest absolute Gasteiger partial charge is 0.126 e. The summed E-state index contributed by atoms with van der Waals surface area (Å²) in [5.41, 5.74) is 2.66. The Labute approximate surface area is 284 Å². The molecule has 0 amide bonds. The van der Waals surface area contributed by atoms with Crippen LogP contribution in [0.1, 0.15) is 17.5 Å². The smallest absolute Gasteiger partial charge is 0.0771 e. The van der Waals surface area contributed by atoms with Gasteiger partial charge in [0, 0.05) is 8.07 Å².